The van der Waals surface area contributed by atoms with E-state index in [1.807, 2.05) is 7.05 Å². The molecule has 2 nitrogen and oxygen atoms in total. The van der Waals surface area contributed by atoms with Gasteiger partial charge in [0.2, 0.25) is 0 Å². The number of nitrogens with one attached hydrogen (secondary N) is 1. The van der Waals surface area contributed by atoms with Crippen LogP contribution >= 0.6 is 0 Å². The van der Waals surface area contributed by atoms with Crippen molar-refractivity contribution in [3.8, 4) is 0 Å². The number of hydrogen-bond donors (Lipinski definition) is 1. The molecule has 0 unspecified atom stereocenters. The lowest BCUT2D eigenvalue weighted by Crippen LogP contribution is -2.32. The zero-order chi connectivity index (χ0) is 9.86. The minimum atomic E-state index is 0.742. The van der Waals surface area contributed by atoms with Crippen molar-refractivity contribution < 1.29 is 0 Å². The first kappa shape index (κ1) is 10.4. The van der Waals surface area contributed by atoms with Crippen LogP contribution in [0, 0.1) is 5.41 Å². The molecule has 0 bridgehead atoms. The Bertz CT molecular complexity index is 173. The van der Waals surface area contributed by atoms with Gasteiger partial charge in [0.05, 0.1) is 0 Å². The third-order valence-corrected chi connectivity index (χ3v) is 4.11. The van der Waals surface area contributed by atoms with E-state index in [1.165, 1.54) is 58.2 Å². The van der Waals surface area contributed by atoms with Crippen molar-refractivity contribution in [2.75, 3.05) is 33.2 Å². The molecule has 2 heteroatoms. The highest BCUT2D eigenvalue weighted by atomic mass is 15.2. The summed E-state index contributed by atoms with van der Waals surface area (Å²) in [5.74, 6) is 0. The lowest BCUT2D eigenvalue weighted by molar-refractivity contribution is 0.186. The summed E-state index contributed by atoms with van der Waals surface area (Å²) in [6.45, 7) is 5.13. The van der Waals surface area contributed by atoms with Crippen molar-refractivity contribution in [2.24, 2.45) is 5.41 Å². The van der Waals surface area contributed by atoms with Crippen LogP contribution in [0.5, 0.6) is 0 Å². The van der Waals surface area contributed by atoms with Gasteiger partial charge in [-0.1, -0.05) is 19.3 Å². The summed E-state index contributed by atoms with van der Waals surface area (Å²) in [6, 6.07) is 0. The van der Waals surface area contributed by atoms with Gasteiger partial charge in [-0.2, -0.15) is 0 Å². The van der Waals surface area contributed by atoms with Gasteiger partial charge in [-0.05, 0) is 38.3 Å². The maximum atomic E-state index is 3.24. The van der Waals surface area contributed by atoms with Crippen LogP contribution in [0.2, 0.25) is 0 Å². The average Bonchev–Trinajstić information content (AvgIpc) is 2.60. The Kier molecular flexibility index (Phi) is 3.45. The van der Waals surface area contributed by atoms with Crippen LogP contribution in [0.3, 0.4) is 0 Å². The van der Waals surface area contributed by atoms with Crippen LogP contribution in [0.25, 0.3) is 0 Å². The number of likely N-dealkylation sites (N-methyl/N-ethyl adjacent to an activating group) is 1. The largest absolute Gasteiger partial charge is 0.318 e. The minimum Gasteiger partial charge on any atom is -0.318 e. The number of likely N-dealkylation sites (tertiary alicyclic amines) is 1. The Balaban J connectivity index is 1.80. The first-order valence-electron chi connectivity index (χ1n) is 6.22. The molecule has 2 fully saturated rings. The summed E-state index contributed by atoms with van der Waals surface area (Å²) in [4.78, 5) is 2.65. The maximum Gasteiger partial charge on any atom is 0.0107 e. The van der Waals surface area contributed by atoms with Crippen LogP contribution in [-0.2, 0) is 0 Å². The van der Waals surface area contributed by atoms with Crippen LogP contribution < -0.4 is 5.32 Å². The lowest BCUT2D eigenvalue weighted by Gasteiger charge is -2.33. The topological polar surface area (TPSA) is 15.3 Å². The van der Waals surface area contributed by atoms with E-state index in [0.29, 0.717) is 0 Å². The Morgan fingerprint density at radius 2 is 1.93 bits per heavy atom. The van der Waals surface area contributed by atoms with Crippen molar-refractivity contribution >= 4 is 0 Å². The van der Waals surface area contributed by atoms with Gasteiger partial charge in [0.15, 0.2) is 0 Å². The molecular weight excluding hydrogens is 172 g/mol. The molecule has 1 saturated carbocycles. The fourth-order valence-corrected chi connectivity index (χ4v) is 3.20. The zero-order valence-corrected chi connectivity index (χ0v) is 9.52. The third-order valence-electron chi connectivity index (χ3n) is 4.11. The summed E-state index contributed by atoms with van der Waals surface area (Å²) in [5.41, 5.74) is 0.742. The zero-order valence-electron chi connectivity index (χ0n) is 9.52. The van der Waals surface area contributed by atoms with Crippen LogP contribution in [0.4, 0.5) is 0 Å². The van der Waals surface area contributed by atoms with E-state index >= 15 is 0 Å². The van der Waals surface area contributed by atoms with E-state index in [1.54, 1.807) is 0 Å². The van der Waals surface area contributed by atoms with Gasteiger partial charge in [0, 0.05) is 19.6 Å². The summed E-state index contributed by atoms with van der Waals surface area (Å²) >= 11 is 0. The standard InChI is InChI=1S/C12H24N2/c1-13-8-10-14-9-7-12(11-14)5-3-2-4-6-12/h13H,2-11H2,1H3. The third kappa shape index (κ3) is 2.29. The highest BCUT2D eigenvalue weighted by Crippen LogP contribution is 2.43. The molecule has 14 heavy (non-hydrogen) atoms. The van der Waals surface area contributed by atoms with Crippen LogP contribution in [-0.4, -0.2) is 38.1 Å². The Morgan fingerprint density at radius 3 is 2.64 bits per heavy atom. The second-order valence-corrected chi connectivity index (χ2v) is 5.19. The van der Waals surface area contributed by atoms with Crippen molar-refractivity contribution in [3.05, 3.63) is 0 Å². The maximum absolute atomic E-state index is 3.24. The fourth-order valence-electron chi connectivity index (χ4n) is 3.20. The molecule has 0 radical (unpaired) electrons. The Morgan fingerprint density at radius 1 is 1.14 bits per heavy atom. The highest BCUT2D eigenvalue weighted by Gasteiger charge is 2.38. The van der Waals surface area contributed by atoms with Gasteiger partial charge >= 0.3 is 0 Å². The quantitative estimate of drug-likeness (QED) is 0.741. The monoisotopic (exact) mass is 196 g/mol. The Labute approximate surface area is 88.1 Å². The van der Waals surface area contributed by atoms with E-state index in [2.05, 4.69) is 10.2 Å². The van der Waals surface area contributed by atoms with Crippen LogP contribution in [0.15, 0.2) is 0 Å². The van der Waals surface area contributed by atoms with Gasteiger partial charge in [-0.25, -0.2) is 0 Å². The highest BCUT2D eigenvalue weighted by molar-refractivity contribution is 4.91. The van der Waals surface area contributed by atoms with Crippen molar-refractivity contribution in [2.45, 2.75) is 38.5 Å². The first-order valence-corrected chi connectivity index (χ1v) is 6.22. The molecule has 0 aromatic carbocycles. The molecule has 1 spiro atoms. The van der Waals surface area contributed by atoms with Gasteiger partial charge in [-0.3, -0.25) is 0 Å². The summed E-state index contributed by atoms with van der Waals surface area (Å²) in [7, 11) is 2.05. The fraction of sp³-hybridized carbons (Fsp3) is 1.00. The molecule has 2 rings (SSSR count). The van der Waals surface area contributed by atoms with Gasteiger partial charge in [0.1, 0.15) is 0 Å². The smallest absolute Gasteiger partial charge is 0.0107 e. The molecule has 1 N–H and O–H groups in total. The molecule has 82 valence electrons. The van der Waals surface area contributed by atoms with Crippen LogP contribution in [0.1, 0.15) is 38.5 Å². The molecule has 0 amide bonds. The molecule has 2 aliphatic rings. The van der Waals surface area contributed by atoms with E-state index in [-0.39, 0.29) is 0 Å². The predicted molar refractivity (Wildman–Crippen MR) is 60.5 cm³/mol. The minimum absolute atomic E-state index is 0.742. The van der Waals surface area contributed by atoms with E-state index in [0.717, 1.165) is 12.0 Å². The second-order valence-electron chi connectivity index (χ2n) is 5.19. The summed E-state index contributed by atoms with van der Waals surface area (Å²) in [6.07, 6.45) is 8.93. The molecule has 1 aliphatic heterocycles. The molecule has 0 aromatic heterocycles. The number of hydrogen-bond acceptors (Lipinski definition) is 2. The van der Waals surface area contributed by atoms with Gasteiger partial charge in [0.25, 0.3) is 0 Å². The van der Waals surface area contributed by atoms with E-state index in [9.17, 15) is 0 Å². The van der Waals surface area contributed by atoms with Crippen molar-refractivity contribution in [1.82, 2.24) is 10.2 Å². The second kappa shape index (κ2) is 4.63. The molecular formula is C12H24N2. The summed E-state index contributed by atoms with van der Waals surface area (Å²) < 4.78 is 0. The molecule has 0 aromatic rings. The van der Waals surface area contributed by atoms with Crippen molar-refractivity contribution in [3.63, 3.8) is 0 Å². The molecule has 1 heterocycles. The van der Waals surface area contributed by atoms with Gasteiger partial charge in [-0.15, -0.1) is 0 Å². The number of rotatable bonds is 3. The molecule has 0 atom stereocenters. The SMILES string of the molecule is CNCCN1CCC2(CCCCC2)C1. The lowest BCUT2D eigenvalue weighted by atomic mass is 9.73. The van der Waals surface area contributed by atoms with E-state index < -0.39 is 0 Å². The molecule has 1 aliphatic carbocycles. The van der Waals surface area contributed by atoms with Crippen molar-refractivity contribution in [1.29, 1.82) is 0 Å². The number of nitrogens with zero attached hydrogens (tertiary/aromatic N) is 1. The Hall–Kier alpha value is -0.0800. The summed E-state index contributed by atoms with van der Waals surface area (Å²) in [5, 5.41) is 3.24. The van der Waals surface area contributed by atoms with E-state index in [4.69, 9.17) is 0 Å². The normalized spacial score (nSPS) is 27.2. The first-order chi connectivity index (χ1) is 6.85. The average molecular weight is 196 g/mol. The molecule has 1 saturated heterocycles. The van der Waals surface area contributed by atoms with Gasteiger partial charge < -0.3 is 10.2 Å². The predicted octanol–water partition coefficient (Wildman–Crippen LogP) is 1.86.